The highest BCUT2D eigenvalue weighted by atomic mass is 32.2. The Bertz CT molecular complexity index is 2060. The summed E-state index contributed by atoms with van der Waals surface area (Å²) in [5.41, 5.74) is 11.4. The van der Waals surface area contributed by atoms with Crippen molar-refractivity contribution < 1.29 is 36.5 Å². The van der Waals surface area contributed by atoms with E-state index in [2.05, 4.69) is 34.6 Å². The number of imidazole rings is 2. The van der Waals surface area contributed by atoms with Gasteiger partial charge in [-0.3, -0.25) is 18.9 Å². The van der Waals surface area contributed by atoms with Gasteiger partial charge in [0.2, 0.25) is 16.0 Å². The lowest BCUT2D eigenvalue weighted by atomic mass is 10.0. The van der Waals surface area contributed by atoms with Crippen LogP contribution in [0.25, 0.3) is 22.3 Å². The molecule has 22 heteroatoms. The molecule has 0 saturated carbocycles. The maximum absolute atomic E-state index is 13.4. The Morgan fingerprint density at radius 1 is 0.867 bits per heavy atom. The van der Waals surface area contributed by atoms with Crippen molar-refractivity contribution in [3.63, 3.8) is 0 Å². The van der Waals surface area contributed by atoms with E-state index in [9.17, 15) is 31.8 Å². The predicted octanol–water partition coefficient (Wildman–Crippen LogP) is -3.39. The van der Waals surface area contributed by atoms with Gasteiger partial charge in [-0.1, -0.05) is 0 Å². The van der Waals surface area contributed by atoms with E-state index in [0.29, 0.717) is 0 Å². The molecule has 45 heavy (non-hydrogen) atoms. The van der Waals surface area contributed by atoms with Crippen LogP contribution in [-0.2, 0) is 29.3 Å². The Morgan fingerprint density at radius 3 is 2.36 bits per heavy atom. The molecule has 2 bridgehead atoms. The number of nitrogens with one attached hydrogen (secondary N) is 2. The molecule has 2 unspecified atom stereocenters. The first kappa shape index (κ1) is 29.9. The quantitative estimate of drug-likeness (QED) is 0.121. The second-order valence-electron chi connectivity index (χ2n) is 11.3. The predicted molar refractivity (Wildman–Crippen MR) is 154 cm³/mol. The zero-order valence-corrected chi connectivity index (χ0v) is 24.9. The van der Waals surface area contributed by atoms with Gasteiger partial charge in [-0.2, -0.15) is 4.98 Å². The standard InChI is InChI=1S/C23H29N11O9S2/c24-17-13-18(27-6-26-17)33(7-28-13)22-16(36)9-4-44(38,39)2-1-11-15(35)10(5-45(40,41)30-3-12(9)43-22)21(42-11)34-8-29-14-19(34)31-23(25)32-20(14)37/h6-12,15-16,21-22,30,35-36H,1-5H2,(H2,24,26,27)(H3,25,31,32,37)/t9?,10-,11+,12+,15?,16-,21+,22+/m0/s1. The smallest absolute Gasteiger partial charge is 0.280 e. The van der Waals surface area contributed by atoms with Gasteiger partial charge in [0.1, 0.15) is 24.2 Å². The molecule has 7 rings (SSSR count). The third-order valence-electron chi connectivity index (χ3n) is 8.48. The lowest BCUT2D eigenvalue weighted by molar-refractivity contribution is -0.0330. The molecule has 3 saturated heterocycles. The number of aliphatic hydroxyl groups is 2. The number of hydrogen-bond donors (Lipinski definition) is 6. The molecular weight excluding hydrogens is 638 g/mol. The van der Waals surface area contributed by atoms with Gasteiger partial charge in [0, 0.05) is 18.4 Å². The normalized spacial score (nSPS) is 33.4. The topological polar surface area (TPSA) is 298 Å². The van der Waals surface area contributed by atoms with Gasteiger partial charge < -0.3 is 31.2 Å². The van der Waals surface area contributed by atoms with Crippen LogP contribution in [0.2, 0.25) is 0 Å². The number of fused-ring (bicyclic) bond motifs is 5. The summed E-state index contributed by atoms with van der Waals surface area (Å²) < 4.78 is 70.9. The van der Waals surface area contributed by atoms with E-state index in [4.69, 9.17) is 20.9 Å². The lowest BCUT2D eigenvalue weighted by Gasteiger charge is -2.23. The highest BCUT2D eigenvalue weighted by Crippen LogP contribution is 2.40. The lowest BCUT2D eigenvalue weighted by Crippen LogP contribution is -2.42. The molecule has 4 aromatic heterocycles. The zero-order valence-electron chi connectivity index (χ0n) is 23.2. The first-order chi connectivity index (χ1) is 21.3. The Hall–Kier alpha value is -3.80. The molecule has 8 N–H and O–H groups in total. The molecule has 3 aliphatic heterocycles. The van der Waals surface area contributed by atoms with Gasteiger partial charge in [-0.25, -0.2) is 41.5 Å². The SMILES string of the molecule is Nc1nc2c(ncn2[C@@H]2O[C@@H]3CCS(=O)(=O)CC4[C@@H](CNS(=O)(=O)C[C@H]2C3O)O[C@@H](n2cnc3c(N)ncnc32)[C@H]4O)c(=O)[nH]1. The van der Waals surface area contributed by atoms with Gasteiger partial charge in [0.25, 0.3) is 5.56 Å². The number of aromatic nitrogens is 8. The minimum absolute atomic E-state index is 0.000486. The molecule has 7 heterocycles. The van der Waals surface area contributed by atoms with Crippen LogP contribution < -0.4 is 21.7 Å². The number of aliphatic hydroxyl groups excluding tert-OH is 2. The number of ether oxygens (including phenoxy) is 2. The summed E-state index contributed by atoms with van der Waals surface area (Å²) in [6.07, 6.45) is -3.75. The number of aromatic amines is 1. The number of sulfonamides is 1. The first-order valence-electron chi connectivity index (χ1n) is 13.8. The Kier molecular flexibility index (Phi) is 7.07. The summed E-state index contributed by atoms with van der Waals surface area (Å²) in [5, 5.41) is 22.5. The van der Waals surface area contributed by atoms with Crippen LogP contribution in [0, 0.1) is 11.8 Å². The molecule has 20 nitrogen and oxygen atoms in total. The number of anilines is 2. The van der Waals surface area contributed by atoms with Crippen molar-refractivity contribution in [2.75, 3.05) is 35.3 Å². The summed E-state index contributed by atoms with van der Waals surface area (Å²) in [7, 11) is -8.10. The Labute approximate surface area is 253 Å². The van der Waals surface area contributed by atoms with E-state index in [0.717, 1.165) is 0 Å². The van der Waals surface area contributed by atoms with Crippen LogP contribution in [-0.4, -0.2) is 114 Å². The summed E-state index contributed by atoms with van der Waals surface area (Å²) >= 11 is 0. The van der Waals surface area contributed by atoms with E-state index < -0.39 is 91.4 Å². The molecule has 0 radical (unpaired) electrons. The van der Waals surface area contributed by atoms with Crippen LogP contribution in [0.1, 0.15) is 18.9 Å². The van der Waals surface area contributed by atoms with Gasteiger partial charge in [0.05, 0.1) is 48.2 Å². The number of nitrogen functional groups attached to an aromatic ring is 2. The van der Waals surface area contributed by atoms with Crippen LogP contribution >= 0.6 is 0 Å². The van der Waals surface area contributed by atoms with Crippen LogP contribution in [0.15, 0.2) is 23.8 Å². The zero-order chi connectivity index (χ0) is 31.8. The fourth-order valence-electron chi connectivity index (χ4n) is 6.30. The minimum atomic E-state index is -4.18. The average Bonchev–Trinajstić information content (AvgIpc) is 3.72. The second kappa shape index (κ2) is 10.6. The minimum Gasteiger partial charge on any atom is -0.390 e. The van der Waals surface area contributed by atoms with Crippen molar-refractivity contribution in [1.29, 1.82) is 0 Å². The molecule has 8 atom stereocenters. The summed E-state index contributed by atoms with van der Waals surface area (Å²) in [5.74, 6) is -3.92. The van der Waals surface area contributed by atoms with E-state index in [1.807, 2.05) is 0 Å². The molecule has 3 fully saturated rings. The van der Waals surface area contributed by atoms with E-state index in [1.54, 1.807) is 0 Å². The number of rotatable bonds is 2. The third kappa shape index (κ3) is 5.20. The van der Waals surface area contributed by atoms with Crippen molar-refractivity contribution in [3.8, 4) is 0 Å². The van der Waals surface area contributed by atoms with Crippen molar-refractivity contribution in [2.45, 2.75) is 43.3 Å². The Morgan fingerprint density at radius 2 is 1.58 bits per heavy atom. The number of H-pyrrole nitrogens is 1. The van der Waals surface area contributed by atoms with Crippen molar-refractivity contribution >= 4 is 54.0 Å². The molecule has 242 valence electrons. The van der Waals surface area contributed by atoms with E-state index in [1.165, 1.54) is 28.1 Å². The average molecular weight is 668 g/mol. The molecule has 4 aromatic rings. The number of sulfone groups is 1. The van der Waals surface area contributed by atoms with Crippen LogP contribution in [0.3, 0.4) is 0 Å². The fraction of sp³-hybridized carbons (Fsp3) is 0.565. The molecular formula is C23H29N11O9S2. The molecule has 0 amide bonds. The number of nitrogens with two attached hydrogens (primary N) is 2. The van der Waals surface area contributed by atoms with Crippen molar-refractivity contribution in [2.24, 2.45) is 11.8 Å². The maximum Gasteiger partial charge on any atom is 0.280 e. The van der Waals surface area contributed by atoms with Crippen LogP contribution in [0.5, 0.6) is 0 Å². The molecule has 0 spiro atoms. The largest absolute Gasteiger partial charge is 0.390 e. The maximum atomic E-state index is 13.4. The van der Waals surface area contributed by atoms with Crippen molar-refractivity contribution in [3.05, 3.63) is 29.3 Å². The van der Waals surface area contributed by atoms with Gasteiger partial charge >= 0.3 is 0 Å². The summed E-state index contributed by atoms with van der Waals surface area (Å²) in [4.78, 5) is 35.0. The number of hydrogen-bond acceptors (Lipinski definition) is 16. The molecule has 3 aliphatic rings. The first-order valence-corrected chi connectivity index (χ1v) is 17.3. The monoisotopic (exact) mass is 667 g/mol. The summed E-state index contributed by atoms with van der Waals surface area (Å²) in [6.45, 7) is -0.390. The molecule has 0 aromatic carbocycles. The van der Waals surface area contributed by atoms with Gasteiger partial charge in [-0.05, 0) is 6.42 Å². The summed E-state index contributed by atoms with van der Waals surface area (Å²) in [6, 6.07) is 0. The molecule has 0 aliphatic carbocycles. The van der Waals surface area contributed by atoms with Crippen LogP contribution in [0.4, 0.5) is 11.8 Å². The van der Waals surface area contributed by atoms with Gasteiger partial charge in [-0.15, -0.1) is 0 Å². The Balaban J connectivity index is 1.21. The number of nitrogens with zero attached hydrogens (tertiary/aromatic N) is 7. The fourth-order valence-corrected chi connectivity index (χ4v) is 9.46. The van der Waals surface area contributed by atoms with Crippen molar-refractivity contribution in [1.82, 2.24) is 43.8 Å². The van der Waals surface area contributed by atoms with E-state index in [-0.39, 0.29) is 47.1 Å². The van der Waals surface area contributed by atoms with E-state index >= 15 is 0 Å². The second-order valence-corrected chi connectivity index (χ2v) is 15.4. The third-order valence-corrected chi connectivity index (χ3v) is 11.7. The highest BCUT2D eigenvalue weighted by molar-refractivity contribution is 7.91. The van der Waals surface area contributed by atoms with Gasteiger partial charge in [0.15, 0.2) is 38.7 Å². The highest BCUT2D eigenvalue weighted by Gasteiger charge is 2.50.